The Labute approximate surface area is 689 Å². The van der Waals surface area contributed by atoms with E-state index in [1.165, 1.54) is 289 Å². The number of rotatable bonds is 90. The SMILES string of the molecule is CCC(C)CCCCCCCCCCCCCCCCCCCCC(=O)O[C@H](COC(=O)CCCCCCCCCCCCCCCCCCC(C)C)COP(=O)(O)OC[C@@H](O)COP(=O)(O)OC[C@@H](COC(=O)CCCCCCCCC(C)CC)OC(=O)CCCCCCCCCCCCCCCCCCCCC(C)C. The Kier molecular flexibility index (Phi) is 80.0. The highest BCUT2D eigenvalue weighted by Crippen LogP contribution is 2.45. The van der Waals surface area contributed by atoms with E-state index in [-0.39, 0.29) is 25.7 Å². The molecule has 0 aliphatic carbocycles. The number of ether oxygens (including phenoxy) is 4. The standard InChI is InChI=1S/C93H182O17P2/c1-9-85(7)71-63-55-47-41-35-29-23-16-12-14-18-26-32-38-44-50-59-67-75-92(97)109-88(79-103-90(95)73-65-57-48-42-36-30-24-20-19-22-28-34-40-46-54-62-70-84(5)6)81-107-111(99,100)105-77-87(94)78-106-112(101,102)108-82-89(80-104-91(96)74-66-58-52-51-56-64-72-86(8)10-2)110-93(98)76-68-60-49-43-37-31-25-17-13-11-15-21-27-33-39-45-53-61-69-83(3)4/h83-89,94H,9-82H2,1-8H3,(H,99,100)(H,101,102)/t85?,86?,87-,88-,89-/m1/s1. The summed E-state index contributed by atoms with van der Waals surface area (Å²) in [5.41, 5.74) is 0. The first kappa shape index (κ1) is 110. The topological polar surface area (TPSA) is 237 Å². The predicted octanol–water partition coefficient (Wildman–Crippen LogP) is 28.7. The van der Waals surface area contributed by atoms with Crippen LogP contribution < -0.4 is 0 Å². The summed E-state index contributed by atoms with van der Waals surface area (Å²) in [6.07, 6.45) is 73.8. The molecule has 0 rings (SSSR count). The van der Waals surface area contributed by atoms with Gasteiger partial charge in [-0.15, -0.1) is 0 Å². The van der Waals surface area contributed by atoms with Crippen LogP contribution in [0.1, 0.15) is 492 Å². The van der Waals surface area contributed by atoms with Crippen LogP contribution >= 0.6 is 15.6 Å². The minimum absolute atomic E-state index is 0.107. The van der Waals surface area contributed by atoms with Gasteiger partial charge in [-0.1, -0.05) is 441 Å². The van der Waals surface area contributed by atoms with Crippen molar-refractivity contribution in [2.75, 3.05) is 39.6 Å². The Bertz CT molecular complexity index is 2170. The molecule has 0 aromatic carbocycles. The molecule has 0 radical (unpaired) electrons. The molecule has 0 amide bonds. The third-order valence-electron chi connectivity index (χ3n) is 22.5. The first-order valence-corrected chi connectivity index (χ1v) is 50.8. The smallest absolute Gasteiger partial charge is 0.462 e. The summed E-state index contributed by atoms with van der Waals surface area (Å²) in [7, 11) is -9.94. The summed E-state index contributed by atoms with van der Waals surface area (Å²) in [6, 6.07) is 0. The van der Waals surface area contributed by atoms with E-state index in [9.17, 15) is 43.2 Å². The van der Waals surface area contributed by atoms with Crippen molar-refractivity contribution in [2.45, 2.75) is 510 Å². The lowest BCUT2D eigenvalue weighted by Gasteiger charge is -2.21. The predicted molar refractivity (Wildman–Crippen MR) is 464 cm³/mol. The maximum absolute atomic E-state index is 13.2. The van der Waals surface area contributed by atoms with Crippen LogP contribution in [0.15, 0.2) is 0 Å². The second-order valence-corrected chi connectivity index (χ2v) is 37.7. The summed E-state index contributed by atoms with van der Waals surface area (Å²) in [5.74, 6) is 1.13. The van der Waals surface area contributed by atoms with Gasteiger partial charge in [0, 0.05) is 25.7 Å². The van der Waals surface area contributed by atoms with Gasteiger partial charge < -0.3 is 33.8 Å². The molecule has 0 bridgehead atoms. The highest BCUT2D eigenvalue weighted by molar-refractivity contribution is 7.47. The minimum atomic E-state index is -4.97. The van der Waals surface area contributed by atoms with Gasteiger partial charge in [-0.05, 0) is 49.4 Å². The first-order chi connectivity index (χ1) is 54.2. The van der Waals surface area contributed by atoms with E-state index in [1.54, 1.807) is 0 Å². The summed E-state index contributed by atoms with van der Waals surface area (Å²) >= 11 is 0. The van der Waals surface area contributed by atoms with Crippen LogP contribution in [0.2, 0.25) is 0 Å². The highest BCUT2D eigenvalue weighted by atomic mass is 31.2. The second-order valence-electron chi connectivity index (χ2n) is 34.8. The van der Waals surface area contributed by atoms with Crippen molar-refractivity contribution in [3.8, 4) is 0 Å². The molecule has 0 saturated heterocycles. The van der Waals surface area contributed by atoms with Crippen molar-refractivity contribution in [3.05, 3.63) is 0 Å². The van der Waals surface area contributed by atoms with Crippen molar-refractivity contribution < 1.29 is 80.2 Å². The molecule has 17 nitrogen and oxygen atoms in total. The molecule has 4 unspecified atom stereocenters. The quantitative estimate of drug-likeness (QED) is 0.0222. The molecule has 7 atom stereocenters. The van der Waals surface area contributed by atoms with Crippen LogP contribution in [0.3, 0.4) is 0 Å². The van der Waals surface area contributed by atoms with E-state index in [0.29, 0.717) is 25.7 Å². The largest absolute Gasteiger partial charge is 0.472 e. The Balaban J connectivity index is 5.21. The fourth-order valence-corrected chi connectivity index (χ4v) is 16.1. The Morgan fingerprint density at radius 3 is 0.634 bits per heavy atom. The molecule has 19 heteroatoms. The molecule has 0 heterocycles. The Morgan fingerprint density at radius 1 is 0.250 bits per heavy atom. The number of carbonyl (C=O) groups excluding carboxylic acids is 4. The van der Waals surface area contributed by atoms with Crippen molar-refractivity contribution in [1.82, 2.24) is 0 Å². The molecule has 0 fully saturated rings. The van der Waals surface area contributed by atoms with Crippen molar-refractivity contribution in [1.29, 1.82) is 0 Å². The Hall–Kier alpha value is -1.94. The maximum atomic E-state index is 13.2. The normalized spacial score (nSPS) is 14.3. The molecular formula is C93H182O17P2. The second kappa shape index (κ2) is 81.4. The van der Waals surface area contributed by atoms with Gasteiger partial charge in [0.1, 0.15) is 19.3 Å². The molecule has 0 spiro atoms. The number of unbranched alkanes of at least 4 members (excludes halogenated alkanes) is 54. The van der Waals surface area contributed by atoms with Gasteiger partial charge in [-0.25, -0.2) is 9.13 Å². The van der Waals surface area contributed by atoms with Gasteiger partial charge >= 0.3 is 39.5 Å². The number of hydrogen-bond donors (Lipinski definition) is 3. The lowest BCUT2D eigenvalue weighted by Crippen LogP contribution is -2.30. The molecule has 0 aliphatic heterocycles. The number of aliphatic hydroxyl groups is 1. The van der Waals surface area contributed by atoms with E-state index in [4.69, 9.17) is 37.0 Å². The fraction of sp³-hybridized carbons (Fsp3) is 0.957. The number of phosphoric ester groups is 2. The molecular weight excluding hydrogens is 1450 g/mol. The van der Waals surface area contributed by atoms with Gasteiger partial charge in [0.15, 0.2) is 12.2 Å². The molecule has 0 saturated carbocycles. The summed E-state index contributed by atoms with van der Waals surface area (Å²) in [6.45, 7) is 14.4. The summed E-state index contributed by atoms with van der Waals surface area (Å²) in [4.78, 5) is 73.4. The number of hydrogen-bond acceptors (Lipinski definition) is 15. The maximum Gasteiger partial charge on any atom is 0.472 e. The average molecular weight is 1630 g/mol. The molecule has 666 valence electrons. The van der Waals surface area contributed by atoms with E-state index < -0.39 is 97.5 Å². The van der Waals surface area contributed by atoms with Crippen LogP contribution in [0.5, 0.6) is 0 Å². The van der Waals surface area contributed by atoms with Gasteiger partial charge in [-0.3, -0.25) is 37.3 Å². The number of esters is 4. The van der Waals surface area contributed by atoms with E-state index >= 15 is 0 Å². The average Bonchev–Trinajstić information content (AvgIpc) is 0.900. The van der Waals surface area contributed by atoms with E-state index in [1.807, 2.05) is 0 Å². The van der Waals surface area contributed by atoms with Gasteiger partial charge in [-0.2, -0.15) is 0 Å². The third kappa shape index (κ3) is 83.1. The van der Waals surface area contributed by atoms with Crippen molar-refractivity contribution >= 4 is 39.5 Å². The minimum Gasteiger partial charge on any atom is -0.462 e. The molecule has 0 aromatic heterocycles. The molecule has 3 N–H and O–H groups in total. The summed E-state index contributed by atoms with van der Waals surface area (Å²) < 4.78 is 69.1. The van der Waals surface area contributed by atoms with Crippen LogP contribution in [0.25, 0.3) is 0 Å². The zero-order chi connectivity index (χ0) is 82.3. The van der Waals surface area contributed by atoms with Crippen LogP contribution in [-0.2, 0) is 65.4 Å². The lowest BCUT2D eigenvalue weighted by molar-refractivity contribution is -0.161. The van der Waals surface area contributed by atoms with Gasteiger partial charge in [0.2, 0.25) is 0 Å². The number of carbonyl (C=O) groups is 4. The Morgan fingerprint density at radius 2 is 0.429 bits per heavy atom. The molecule has 0 aliphatic rings. The zero-order valence-corrected chi connectivity index (χ0v) is 76.1. The zero-order valence-electron chi connectivity index (χ0n) is 74.3. The number of aliphatic hydroxyl groups excluding tert-OH is 1. The molecule has 0 aromatic rings. The monoisotopic (exact) mass is 1630 g/mol. The number of phosphoric acid groups is 2. The van der Waals surface area contributed by atoms with Gasteiger partial charge in [0.25, 0.3) is 0 Å². The van der Waals surface area contributed by atoms with Crippen LogP contribution in [0.4, 0.5) is 0 Å². The lowest BCUT2D eigenvalue weighted by atomic mass is 9.99. The van der Waals surface area contributed by atoms with E-state index in [2.05, 4.69) is 55.4 Å². The van der Waals surface area contributed by atoms with Crippen LogP contribution in [0, 0.1) is 23.7 Å². The molecule has 112 heavy (non-hydrogen) atoms. The van der Waals surface area contributed by atoms with Crippen molar-refractivity contribution in [2.24, 2.45) is 23.7 Å². The van der Waals surface area contributed by atoms with E-state index in [0.717, 1.165) is 120 Å². The van der Waals surface area contributed by atoms with Crippen molar-refractivity contribution in [3.63, 3.8) is 0 Å². The third-order valence-corrected chi connectivity index (χ3v) is 24.4. The van der Waals surface area contributed by atoms with Crippen LogP contribution in [-0.4, -0.2) is 96.7 Å². The highest BCUT2D eigenvalue weighted by Gasteiger charge is 2.31. The first-order valence-electron chi connectivity index (χ1n) is 47.8. The summed E-state index contributed by atoms with van der Waals surface area (Å²) in [5, 5.41) is 10.7. The fourth-order valence-electron chi connectivity index (χ4n) is 14.5. The van der Waals surface area contributed by atoms with Gasteiger partial charge in [0.05, 0.1) is 26.4 Å².